The van der Waals surface area contributed by atoms with Crippen LogP contribution in [-0.4, -0.2) is 30.0 Å². The van der Waals surface area contributed by atoms with Crippen LogP contribution in [0.15, 0.2) is 0 Å². The number of hydrogen-bond acceptors (Lipinski definition) is 3. The second-order valence-electron chi connectivity index (χ2n) is 3.79. The van der Waals surface area contributed by atoms with Crippen molar-refractivity contribution in [3.05, 3.63) is 17.0 Å². The first-order valence-electron chi connectivity index (χ1n) is 5.39. The molecular weight excluding hydrogens is 190 g/mol. The van der Waals surface area contributed by atoms with Gasteiger partial charge in [0.25, 0.3) is 0 Å². The monoisotopic (exact) mass is 211 g/mol. The van der Waals surface area contributed by atoms with E-state index in [1.54, 1.807) is 7.11 Å². The Balaban J connectivity index is 3.02. The highest BCUT2D eigenvalue weighted by Crippen LogP contribution is 2.17. The van der Waals surface area contributed by atoms with E-state index in [-0.39, 0.29) is 6.04 Å². The van der Waals surface area contributed by atoms with Gasteiger partial charge in [0.15, 0.2) is 0 Å². The second-order valence-corrected chi connectivity index (χ2v) is 3.79. The lowest BCUT2D eigenvalue weighted by Crippen LogP contribution is -2.25. The van der Waals surface area contributed by atoms with E-state index in [2.05, 4.69) is 18.9 Å². The van der Waals surface area contributed by atoms with E-state index in [0.717, 1.165) is 12.1 Å². The van der Waals surface area contributed by atoms with Gasteiger partial charge in [-0.2, -0.15) is 5.10 Å². The summed E-state index contributed by atoms with van der Waals surface area (Å²) < 4.78 is 7.14. The molecule has 1 heterocycles. The van der Waals surface area contributed by atoms with Gasteiger partial charge in [0, 0.05) is 19.3 Å². The minimum absolute atomic E-state index is 0.147. The Kier molecular flexibility index (Phi) is 4.29. The Morgan fingerprint density at radius 2 is 2.13 bits per heavy atom. The van der Waals surface area contributed by atoms with Crippen molar-refractivity contribution in [3.8, 4) is 0 Å². The van der Waals surface area contributed by atoms with Crippen LogP contribution in [0.4, 0.5) is 0 Å². The quantitative estimate of drug-likeness (QED) is 0.796. The second kappa shape index (κ2) is 5.28. The smallest absolute Gasteiger partial charge is 0.0877 e. The molecule has 2 N–H and O–H groups in total. The molecule has 1 aromatic rings. The number of nitrogens with zero attached hydrogens (tertiary/aromatic N) is 2. The third-order valence-corrected chi connectivity index (χ3v) is 2.81. The largest absolute Gasteiger partial charge is 0.382 e. The number of aryl methyl sites for hydroxylation is 1. The minimum Gasteiger partial charge on any atom is -0.382 e. The molecule has 0 spiro atoms. The lowest BCUT2D eigenvalue weighted by atomic mass is 10.1. The van der Waals surface area contributed by atoms with Crippen LogP contribution in [0.5, 0.6) is 0 Å². The lowest BCUT2D eigenvalue weighted by molar-refractivity contribution is 0.151. The summed E-state index contributed by atoms with van der Waals surface area (Å²) >= 11 is 0. The van der Waals surface area contributed by atoms with Gasteiger partial charge in [-0.3, -0.25) is 4.68 Å². The Labute approximate surface area is 91.4 Å². The first-order chi connectivity index (χ1) is 7.15. The normalized spacial score (nSPS) is 13.1. The number of hydrogen-bond donors (Lipinski definition) is 1. The molecule has 4 heteroatoms. The Hall–Kier alpha value is -0.870. The van der Waals surface area contributed by atoms with Crippen LogP contribution in [0, 0.1) is 13.8 Å². The predicted octanol–water partition coefficient (Wildman–Crippen LogP) is 1.21. The predicted molar refractivity (Wildman–Crippen MR) is 61.0 cm³/mol. The van der Waals surface area contributed by atoms with E-state index in [0.29, 0.717) is 13.2 Å². The molecule has 1 atom stereocenters. The van der Waals surface area contributed by atoms with Crippen molar-refractivity contribution < 1.29 is 4.74 Å². The molecule has 4 nitrogen and oxygen atoms in total. The van der Waals surface area contributed by atoms with E-state index < -0.39 is 0 Å². The van der Waals surface area contributed by atoms with Gasteiger partial charge in [-0.15, -0.1) is 0 Å². The van der Waals surface area contributed by atoms with Gasteiger partial charge in [0.05, 0.1) is 18.3 Å². The number of rotatable bonds is 5. The van der Waals surface area contributed by atoms with E-state index in [9.17, 15) is 0 Å². The summed E-state index contributed by atoms with van der Waals surface area (Å²) in [5, 5.41) is 4.53. The standard InChI is InChI=1S/C11H21N3O/c1-5-11-8(2)13-14(9(11)3)10(6-12)7-15-4/h10H,5-7,12H2,1-4H3. The fourth-order valence-corrected chi connectivity index (χ4v) is 2.00. The maximum absolute atomic E-state index is 5.72. The van der Waals surface area contributed by atoms with E-state index in [4.69, 9.17) is 10.5 Å². The first kappa shape index (κ1) is 12.2. The van der Waals surface area contributed by atoms with Crippen LogP contribution in [0.25, 0.3) is 0 Å². The summed E-state index contributed by atoms with van der Waals surface area (Å²) in [6.07, 6.45) is 1.02. The molecule has 15 heavy (non-hydrogen) atoms. The van der Waals surface area contributed by atoms with Crippen LogP contribution in [0.3, 0.4) is 0 Å². The van der Waals surface area contributed by atoms with Gasteiger partial charge >= 0.3 is 0 Å². The summed E-state index contributed by atoms with van der Waals surface area (Å²) in [6.45, 7) is 7.45. The van der Waals surface area contributed by atoms with Crippen LogP contribution in [0.2, 0.25) is 0 Å². The Bertz CT molecular complexity index is 320. The zero-order valence-corrected chi connectivity index (χ0v) is 10.1. The molecule has 0 amide bonds. The van der Waals surface area contributed by atoms with Crippen LogP contribution >= 0.6 is 0 Å². The van der Waals surface area contributed by atoms with Gasteiger partial charge < -0.3 is 10.5 Å². The third kappa shape index (κ3) is 2.38. The maximum atomic E-state index is 5.72. The summed E-state index contributed by atoms with van der Waals surface area (Å²) in [6, 6.07) is 0.147. The Morgan fingerprint density at radius 3 is 2.53 bits per heavy atom. The SMILES string of the molecule is CCc1c(C)nn(C(CN)COC)c1C. The van der Waals surface area contributed by atoms with E-state index >= 15 is 0 Å². The summed E-state index contributed by atoms with van der Waals surface area (Å²) in [5.74, 6) is 0. The van der Waals surface area contributed by atoms with Crippen molar-refractivity contribution in [2.75, 3.05) is 20.3 Å². The summed E-state index contributed by atoms with van der Waals surface area (Å²) in [7, 11) is 1.69. The zero-order chi connectivity index (χ0) is 11.4. The molecule has 0 fully saturated rings. The maximum Gasteiger partial charge on any atom is 0.0877 e. The van der Waals surface area contributed by atoms with Gasteiger partial charge in [-0.05, 0) is 25.8 Å². The molecule has 0 saturated heterocycles. The molecule has 0 saturated carbocycles. The highest BCUT2D eigenvalue weighted by atomic mass is 16.5. The molecule has 1 rings (SSSR count). The molecule has 0 bridgehead atoms. The zero-order valence-electron chi connectivity index (χ0n) is 10.1. The fraction of sp³-hybridized carbons (Fsp3) is 0.727. The first-order valence-corrected chi connectivity index (χ1v) is 5.39. The fourth-order valence-electron chi connectivity index (χ4n) is 2.00. The van der Waals surface area contributed by atoms with Gasteiger partial charge in [0.1, 0.15) is 0 Å². The average molecular weight is 211 g/mol. The molecule has 1 unspecified atom stereocenters. The van der Waals surface area contributed by atoms with Crippen molar-refractivity contribution in [2.45, 2.75) is 33.2 Å². The highest BCUT2D eigenvalue weighted by Gasteiger charge is 2.16. The number of aromatic nitrogens is 2. The molecule has 86 valence electrons. The summed E-state index contributed by atoms with van der Waals surface area (Å²) in [4.78, 5) is 0. The van der Waals surface area contributed by atoms with Crippen molar-refractivity contribution in [1.29, 1.82) is 0 Å². The molecule has 0 aliphatic carbocycles. The van der Waals surface area contributed by atoms with E-state index in [1.165, 1.54) is 11.3 Å². The van der Waals surface area contributed by atoms with Crippen molar-refractivity contribution in [3.63, 3.8) is 0 Å². The van der Waals surface area contributed by atoms with Crippen LogP contribution < -0.4 is 5.73 Å². The average Bonchev–Trinajstić information content (AvgIpc) is 2.50. The minimum atomic E-state index is 0.147. The number of methoxy groups -OCH3 is 1. The molecule has 0 radical (unpaired) electrons. The van der Waals surface area contributed by atoms with Gasteiger partial charge in [-0.25, -0.2) is 0 Å². The highest BCUT2D eigenvalue weighted by molar-refractivity contribution is 5.24. The molecular formula is C11H21N3O. The molecule has 0 aromatic carbocycles. The molecule has 0 aliphatic rings. The van der Waals surface area contributed by atoms with Crippen molar-refractivity contribution >= 4 is 0 Å². The third-order valence-electron chi connectivity index (χ3n) is 2.81. The van der Waals surface area contributed by atoms with Crippen LogP contribution in [-0.2, 0) is 11.2 Å². The van der Waals surface area contributed by atoms with Crippen LogP contribution in [0.1, 0.15) is 29.9 Å². The van der Waals surface area contributed by atoms with Crippen molar-refractivity contribution in [1.82, 2.24) is 9.78 Å². The molecule has 1 aromatic heterocycles. The lowest BCUT2D eigenvalue weighted by Gasteiger charge is -2.16. The van der Waals surface area contributed by atoms with E-state index in [1.807, 2.05) is 11.6 Å². The number of nitrogens with two attached hydrogens (primary N) is 1. The summed E-state index contributed by atoms with van der Waals surface area (Å²) in [5.41, 5.74) is 9.36. The number of ether oxygens (including phenoxy) is 1. The Morgan fingerprint density at radius 1 is 1.47 bits per heavy atom. The topological polar surface area (TPSA) is 53.1 Å². The van der Waals surface area contributed by atoms with Gasteiger partial charge in [0.2, 0.25) is 0 Å². The van der Waals surface area contributed by atoms with Gasteiger partial charge in [-0.1, -0.05) is 6.92 Å². The van der Waals surface area contributed by atoms with Crippen molar-refractivity contribution in [2.24, 2.45) is 5.73 Å². The molecule has 0 aliphatic heterocycles.